The van der Waals surface area contributed by atoms with Gasteiger partial charge in [0.25, 0.3) is 0 Å². The molecule has 0 aromatic heterocycles. The highest BCUT2D eigenvalue weighted by atomic mass is 16.1. The van der Waals surface area contributed by atoms with Crippen molar-refractivity contribution < 1.29 is 4.79 Å². The minimum absolute atomic E-state index is 0.240. The monoisotopic (exact) mass is 182 g/mol. The van der Waals surface area contributed by atoms with Crippen molar-refractivity contribution in [1.29, 1.82) is 0 Å². The van der Waals surface area contributed by atoms with Gasteiger partial charge in [-0.05, 0) is 38.0 Å². The first-order valence-corrected chi connectivity index (χ1v) is 5.25. The molecule has 74 valence electrons. The molecule has 4 atom stereocenters. The minimum Gasteiger partial charge on any atom is -0.356 e. The number of carbonyl (C=O) groups excluding carboxylic acids is 1. The van der Waals surface area contributed by atoms with E-state index in [4.69, 9.17) is 5.73 Å². The van der Waals surface area contributed by atoms with Crippen LogP contribution in [0.5, 0.6) is 0 Å². The molecule has 0 heterocycles. The number of hydrogen-bond donors (Lipinski definition) is 2. The Bertz CT molecular complexity index is 217. The first kappa shape index (κ1) is 9.00. The molecular formula is C10H18N2O. The lowest BCUT2D eigenvalue weighted by Gasteiger charge is -2.37. The molecule has 0 spiro atoms. The zero-order chi connectivity index (χ0) is 9.42. The van der Waals surface area contributed by atoms with E-state index in [0.29, 0.717) is 12.0 Å². The minimum atomic E-state index is 0.240. The summed E-state index contributed by atoms with van der Waals surface area (Å²) in [5, 5.41) is 2.89. The smallest absolute Gasteiger partial charge is 0.223 e. The van der Waals surface area contributed by atoms with Gasteiger partial charge < -0.3 is 11.1 Å². The van der Waals surface area contributed by atoms with E-state index < -0.39 is 0 Å². The number of amides is 1. The molecule has 0 bridgehead atoms. The summed E-state index contributed by atoms with van der Waals surface area (Å²) in [6, 6.07) is 0.379. The molecule has 0 aromatic carbocycles. The van der Waals surface area contributed by atoms with Gasteiger partial charge >= 0.3 is 0 Å². The van der Waals surface area contributed by atoms with Crippen molar-refractivity contribution in [2.75, 3.05) is 6.54 Å². The summed E-state index contributed by atoms with van der Waals surface area (Å²) in [6.45, 7) is 2.71. The van der Waals surface area contributed by atoms with Crippen LogP contribution in [0.25, 0.3) is 0 Å². The fraction of sp³-hybridized carbons (Fsp3) is 0.900. The van der Waals surface area contributed by atoms with Gasteiger partial charge in [-0.1, -0.05) is 0 Å². The average Bonchev–Trinajstić information content (AvgIpc) is 2.43. The summed E-state index contributed by atoms with van der Waals surface area (Å²) < 4.78 is 0. The normalized spacial score (nSPS) is 42.3. The molecule has 3 heteroatoms. The predicted octanol–water partition coefficient (Wildman–Crippen LogP) is 0.496. The van der Waals surface area contributed by atoms with Crippen molar-refractivity contribution in [3.8, 4) is 0 Å². The van der Waals surface area contributed by atoms with Crippen LogP contribution in [0.15, 0.2) is 0 Å². The van der Waals surface area contributed by atoms with Crippen LogP contribution in [0.2, 0.25) is 0 Å². The van der Waals surface area contributed by atoms with Gasteiger partial charge in [0.15, 0.2) is 0 Å². The zero-order valence-electron chi connectivity index (χ0n) is 8.12. The van der Waals surface area contributed by atoms with Crippen molar-refractivity contribution >= 4 is 5.91 Å². The summed E-state index contributed by atoms with van der Waals surface area (Å²) in [6.07, 6.45) is 3.24. The molecule has 2 saturated carbocycles. The highest BCUT2D eigenvalue weighted by Gasteiger charge is 2.47. The summed E-state index contributed by atoms with van der Waals surface area (Å²) in [5.74, 6) is 1.89. The molecule has 3 N–H and O–H groups in total. The van der Waals surface area contributed by atoms with E-state index in [-0.39, 0.29) is 11.8 Å². The van der Waals surface area contributed by atoms with Gasteiger partial charge in [0.2, 0.25) is 5.91 Å². The first-order chi connectivity index (χ1) is 6.22. The van der Waals surface area contributed by atoms with Gasteiger partial charge in [0.1, 0.15) is 0 Å². The second-order valence-electron chi connectivity index (χ2n) is 4.39. The third-order valence-corrected chi connectivity index (χ3v) is 3.60. The molecule has 2 aliphatic carbocycles. The molecule has 2 fully saturated rings. The molecule has 0 aromatic rings. The Morgan fingerprint density at radius 1 is 1.46 bits per heavy atom. The van der Waals surface area contributed by atoms with Crippen molar-refractivity contribution in [1.82, 2.24) is 5.32 Å². The predicted molar refractivity (Wildman–Crippen MR) is 51.0 cm³/mol. The van der Waals surface area contributed by atoms with E-state index in [9.17, 15) is 4.79 Å². The SMILES string of the molecule is CCNC(=O)C1C[C@H]2C[C@@H](N)[C@H]2C1. The van der Waals surface area contributed by atoms with Crippen molar-refractivity contribution in [3.63, 3.8) is 0 Å². The molecule has 0 radical (unpaired) electrons. The van der Waals surface area contributed by atoms with Crippen LogP contribution < -0.4 is 11.1 Å². The molecule has 2 aliphatic rings. The van der Waals surface area contributed by atoms with Crippen LogP contribution in [-0.4, -0.2) is 18.5 Å². The van der Waals surface area contributed by atoms with Gasteiger partial charge in [-0.3, -0.25) is 4.79 Å². The van der Waals surface area contributed by atoms with Crippen LogP contribution in [-0.2, 0) is 4.79 Å². The van der Waals surface area contributed by atoms with Gasteiger partial charge in [0.05, 0.1) is 0 Å². The Labute approximate surface area is 79.1 Å². The topological polar surface area (TPSA) is 55.1 Å². The molecule has 2 rings (SSSR count). The standard InChI is InChI=1S/C10H18N2O/c1-2-12-10(13)7-3-6-5-9(11)8(6)4-7/h6-9H,2-5,11H2,1H3,(H,12,13)/t6-,7?,8-,9+/m0/s1. The molecule has 0 saturated heterocycles. The van der Waals surface area contributed by atoms with Crippen molar-refractivity contribution in [2.24, 2.45) is 23.5 Å². The summed E-state index contributed by atoms with van der Waals surface area (Å²) in [7, 11) is 0. The third-order valence-electron chi connectivity index (χ3n) is 3.60. The summed E-state index contributed by atoms with van der Waals surface area (Å²) in [5.41, 5.74) is 5.87. The Morgan fingerprint density at radius 3 is 2.77 bits per heavy atom. The lowest BCUT2D eigenvalue weighted by molar-refractivity contribution is -0.124. The highest BCUT2D eigenvalue weighted by molar-refractivity contribution is 5.79. The second kappa shape index (κ2) is 3.29. The maximum atomic E-state index is 11.5. The van der Waals surface area contributed by atoms with Gasteiger partial charge in [-0.2, -0.15) is 0 Å². The fourth-order valence-electron chi connectivity index (χ4n) is 2.81. The highest BCUT2D eigenvalue weighted by Crippen LogP contribution is 2.48. The van der Waals surface area contributed by atoms with Crippen molar-refractivity contribution in [2.45, 2.75) is 32.2 Å². The molecule has 13 heavy (non-hydrogen) atoms. The molecule has 1 unspecified atom stereocenters. The number of nitrogens with one attached hydrogen (secondary N) is 1. The van der Waals surface area contributed by atoms with E-state index in [0.717, 1.165) is 31.7 Å². The van der Waals surface area contributed by atoms with Crippen LogP contribution in [0.4, 0.5) is 0 Å². The molecular weight excluding hydrogens is 164 g/mol. The first-order valence-electron chi connectivity index (χ1n) is 5.25. The summed E-state index contributed by atoms with van der Waals surface area (Å²) in [4.78, 5) is 11.5. The lowest BCUT2D eigenvalue weighted by Crippen LogP contribution is -2.44. The van der Waals surface area contributed by atoms with Crippen LogP contribution in [0.1, 0.15) is 26.2 Å². The van der Waals surface area contributed by atoms with E-state index in [1.54, 1.807) is 0 Å². The van der Waals surface area contributed by atoms with Crippen LogP contribution in [0, 0.1) is 17.8 Å². The average molecular weight is 182 g/mol. The Kier molecular flexibility index (Phi) is 2.28. The lowest BCUT2D eigenvalue weighted by atomic mass is 9.72. The molecule has 1 amide bonds. The largest absolute Gasteiger partial charge is 0.356 e. The molecule has 3 nitrogen and oxygen atoms in total. The number of carbonyl (C=O) groups is 1. The number of fused-ring (bicyclic) bond motifs is 1. The van der Waals surface area contributed by atoms with Crippen LogP contribution in [0.3, 0.4) is 0 Å². The maximum Gasteiger partial charge on any atom is 0.223 e. The number of nitrogens with two attached hydrogens (primary N) is 1. The van der Waals surface area contributed by atoms with E-state index >= 15 is 0 Å². The Morgan fingerprint density at radius 2 is 2.23 bits per heavy atom. The van der Waals surface area contributed by atoms with E-state index in [1.165, 1.54) is 0 Å². The summed E-state index contributed by atoms with van der Waals surface area (Å²) >= 11 is 0. The van der Waals surface area contributed by atoms with Gasteiger partial charge in [-0.25, -0.2) is 0 Å². The second-order valence-corrected chi connectivity index (χ2v) is 4.39. The van der Waals surface area contributed by atoms with Gasteiger partial charge in [0, 0.05) is 18.5 Å². The maximum absolute atomic E-state index is 11.5. The van der Waals surface area contributed by atoms with E-state index in [1.807, 2.05) is 6.92 Å². The number of rotatable bonds is 2. The number of hydrogen-bond acceptors (Lipinski definition) is 2. The van der Waals surface area contributed by atoms with Gasteiger partial charge in [-0.15, -0.1) is 0 Å². The van der Waals surface area contributed by atoms with Crippen molar-refractivity contribution in [3.05, 3.63) is 0 Å². The fourth-order valence-corrected chi connectivity index (χ4v) is 2.81. The molecule has 0 aliphatic heterocycles. The third kappa shape index (κ3) is 1.46. The Hall–Kier alpha value is -0.570. The van der Waals surface area contributed by atoms with E-state index in [2.05, 4.69) is 5.32 Å². The quantitative estimate of drug-likeness (QED) is 0.653. The van der Waals surface area contributed by atoms with Crippen LogP contribution >= 0.6 is 0 Å². The Balaban J connectivity index is 1.87. The zero-order valence-corrected chi connectivity index (χ0v) is 8.12.